The Labute approximate surface area is 227 Å². The lowest BCUT2D eigenvalue weighted by molar-refractivity contribution is 0.0857. The minimum Gasteiger partial charge on any atom is -0.361 e. The molecule has 0 saturated carbocycles. The van der Waals surface area contributed by atoms with Crippen molar-refractivity contribution in [3.8, 4) is 0 Å². The predicted octanol–water partition coefficient (Wildman–Crippen LogP) is 6.19. The fourth-order valence-electron chi connectivity index (χ4n) is 5.26. The number of hydrogen-bond donors (Lipinski definition) is 1. The predicted molar refractivity (Wildman–Crippen MR) is 152 cm³/mol. The summed E-state index contributed by atoms with van der Waals surface area (Å²) in [7, 11) is 2.53. The van der Waals surface area contributed by atoms with Crippen molar-refractivity contribution in [2.24, 2.45) is 7.05 Å². The van der Waals surface area contributed by atoms with Crippen LogP contribution in [0, 0.1) is 0 Å². The molecule has 5 rings (SSSR count). The van der Waals surface area contributed by atoms with Crippen LogP contribution in [-0.2, 0) is 18.5 Å². The maximum absolute atomic E-state index is 13.3. The molecule has 1 atom stereocenters. The zero-order valence-electron chi connectivity index (χ0n) is 23.2. The van der Waals surface area contributed by atoms with E-state index in [1.54, 1.807) is 19.3 Å². The van der Waals surface area contributed by atoms with Crippen LogP contribution >= 0.6 is 0 Å². The Morgan fingerprint density at radius 1 is 1.18 bits per heavy atom. The zero-order valence-corrected chi connectivity index (χ0v) is 24.2. The molecule has 0 aliphatic carbocycles. The second kappa shape index (κ2) is 10.8. The number of hydrogen-bond acceptors (Lipinski definition) is 5. The quantitative estimate of drug-likeness (QED) is 0.197. The SMILES string of the molecule is CN1CCC[C@@H]1c1cc2cnc(NC(=O)c3ccc4c(C(F)F)nn(C)c4c3)cc2n1COCC[Si](C)(C)C. The number of carbonyl (C=O) groups excluding carboxylic acids is 1. The first-order valence-electron chi connectivity index (χ1n) is 13.3. The number of likely N-dealkylation sites (tertiary alicyclic amines) is 1. The lowest BCUT2D eigenvalue weighted by Gasteiger charge is -2.22. The summed E-state index contributed by atoms with van der Waals surface area (Å²) < 4.78 is 36.4. The number of aromatic nitrogens is 4. The van der Waals surface area contributed by atoms with Gasteiger partial charge in [-0.1, -0.05) is 19.6 Å². The molecule has 208 valence electrons. The number of pyridine rings is 1. The monoisotopic (exact) mass is 554 g/mol. The van der Waals surface area contributed by atoms with Crippen molar-refractivity contribution in [1.82, 2.24) is 24.2 Å². The van der Waals surface area contributed by atoms with Crippen LogP contribution in [0.2, 0.25) is 25.7 Å². The largest absolute Gasteiger partial charge is 0.361 e. The number of rotatable bonds is 9. The molecule has 1 aliphatic heterocycles. The van der Waals surface area contributed by atoms with Crippen LogP contribution in [0.25, 0.3) is 21.8 Å². The normalized spacial score (nSPS) is 16.7. The number of ether oxygens (including phenoxy) is 1. The highest BCUT2D eigenvalue weighted by Crippen LogP contribution is 2.35. The number of aryl methyl sites for hydroxylation is 1. The van der Waals surface area contributed by atoms with Gasteiger partial charge in [-0.25, -0.2) is 13.8 Å². The highest BCUT2D eigenvalue weighted by Gasteiger charge is 2.27. The molecule has 39 heavy (non-hydrogen) atoms. The van der Waals surface area contributed by atoms with Gasteiger partial charge in [0, 0.05) is 62.1 Å². The third kappa shape index (κ3) is 5.75. The van der Waals surface area contributed by atoms with Crippen LogP contribution in [0.5, 0.6) is 0 Å². The number of fused-ring (bicyclic) bond motifs is 2. The summed E-state index contributed by atoms with van der Waals surface area (Å²) in [5, 5.41) is 8.11. The number of benzene rings is 1. The molecule has 11 heteroatoms. The van der Waals surface area contributed by atoms with E-state index in [1.807, 2.05) is 6.07 Å². The molecule has 4 aromatic rings. The van der Waals surface area contributed by atoms with Crippen molar-refractivity contribution in [3.63, 3.8) is 0 Å². The lowest BCUT2D eigenvalue weighted by Crippen LogP contribution is -2.23. The Hall–Kier alpha value is -3.15. The average Bonchev–Trinajstić information content (AvgIpc) is 3.56. The Kier molecular flexibility index (Phi) is 7.58. The van der Waals surface area contributed by atoms with Crippen LogP contribution in [-0.4, -0.2) is 58.4 Å². The standard InChI is InChI=1S/C28H36F2N6O2Si/c1-34-10-6-7-21(34)24-14-19-16-31-25(15-22(19)36(24)17-38-11-12-39(3,4)5)32-28(37)18-8-9-20-23(13-18)35(2)33-26(20)27(29)30/h8-9,13-16,21,27H,6-7,10-12,17H2,1-5H3,(H,31,32,37)/t21-/m1/s1. The first-order chi connectivity index (χ1) is 18.5. The van der Waals surface area contributed by atoms with Gasteiger partial charge in [-0.2, -0.15) is 5.10 Å². The minimum atomic E-state index is -2.69. The highest BCUT2D eigenvalue weighted by molar-refractivity contribution is 6.76. The van der Waals surface area contributed by atoms with Gasteiger partial charge in [0.2, 0.25) is 0 Å². The van der Waals surface area contributed by atoms with E-state index in [9.17, 15) is 13.6 Å². The molecule has 1 aliphatic rings. The smallest absolute Gasteiger partial charge is 0.282 e. The summed E-state index contributed by atoms with van der Waals surface area (Å²) >= 11 is 0. The third-order valence-electron chi connectivity index (χ3n) is 7.49. The molecule has 0 spiro atoms. The van der Waals surface area contributed by atoms with E-state index in [0.29, 0.717) is 41.7 Å². The number of halogens is 2. The van der Waals surface area contributed by atoms with Crippen LogP contribution in [0.15, 0.2) is 36.5 Å². The number of amides is 1. The van der Waals surface area contributed by atoms with Gasteiger partial charge in [0.1, 0.15) is 18.2 Å². The van der Waals surface area contributed by atoms with Crippen molar-refractivity contribution in [2.45, 2.75) is 57.7 Å². The summed E-state index contributed by atoms with van der Waals surface area (Å²) in [4.78, 5) is 20.0. The van der Waals surface area contributed by atoms with Gasteiger partial charge in [-0.05, 0) is 56.7 Å². The van der Waals surface area contributed by atoms with Crippen LogP contribution < -0.4 is 5.32 Å². The Balaban J connectivity index is 1.42. The van der Waals surface area contributed by atoms with Gasteiger partial charge in [0.15, 0.2) is 0 Å². The van der Waals surface area contributed by atoms with E-state index in [2.05, 4.69) is 57.6 Å². The van der Waals surface area contributed by atoms with Crippen molar-refractivity contribution >= 4 is 41.6 Å². The molecule has 1 N–H and O–H groups in total. The zero-order chi connectivity index (χ0) is 27.9. The van der Waals surface area contributed by atoms with E-state index in [4.69, 9.17) is 4.74 Å². The van der Waals surface area contributed by atoms with Crippen LogP contribution in [0.3, 0.4) is 0 Å². The molecular weight excluding hydrogens is 518 g/mol. The molecule has 1 saturated heterocycles. The molecule has 3 aromatic heterocycles. The fraction of sp³-hybridized carbons (Fsp3) is 0.464. The highest BCUT2D eigenvalue weighted by atomic mass is 28.3. The Bertz CT molecular complexity index is 1510. The number of carbonyl (C=O) groups is 1. The Morgan fingerprint density at radius 2 is 1.97 bits per heavy atom. The fourth-order valence-corrected chi connectivity index (χ4v) is 6.02. The molecule has 1 aromatic carbocycles. The molecular formula is C28H36F2N6O2Si. The molecule has 1 amide bonds. The maximum atomic E-state index is 13.3. The minimum absolute atomic E-state index is 0.289. The van der Waals surface area contributed by atoms with Gasteiger partial charge in [-0.15, -0.1) is 0 Å². The van der Waals surface area contributed by atoms with Crippen LogP contribution in [0.4, 0.5) is 14.6 Å². The third-order valence-corrected chi connectivity index (χ3v) is 9.19. The summed E-state index contributed by atoms with van der Waals surface area (Å²) in [5.74, 6) is 0.0439. The average molecular weight is 555 g/mol. The van der Waals surface area contributed by atoms with Crippen molar-refractivity contribution in [3.05, 3.63) is 53.5 Å². The first-order valence-corrected chi connectivity index (χ1v) is 17.1. The van der Waals surface area contributed by atoms with Gasteiger partial charge >= 0.3 is 0 Å². The summed E-state index contributed by atoms with van der Waals surface area (Å²) in [6, 6.07) is 10.1. The van der Waals surface area contributed by atoms with Gasteiger partial charge < -0.3 is 14.6 Å². The van der Waals surface area contributed by atoms with E-state index < -0.39 is 14.5 Å². The van der Waals surface area contributed by atoms with Crippen molar-refractivity contribution < 1.29 is 18.3 Å². The second-order valence-corrected chi connectivity index (χ2v) is 17.2. The van der Waals surface area contributed by atoms with Gasteiger partial charge in [0.25, 0.3) is 12.3 Å². The lowest BCUT2D eigenvalue weighted by atomic mass is 10.1. The van der Waals surface area contributed by atoms with Crippen molar-refractivity contribution in [1.29, 1.82) is 0 Å². The topological polar surface area (TPSA) is 77.2 Å². The van der Waals surface area contributed by atoms with E-state index in [1.165, 1.54) is 22.5 Å². The second-order valence-electron chi connectivity index (χ2n) is 11.6. The number of anilines is 1. The van der Waals surface area contributed by atoms with E-state index in [0.717, 1.165) is 36.3 Å². The van der Waals surface area contributed by atoms with Crippen molar-refractivity contribution in [2.75, 3.05) is 25.5 Å². The number of nitrogens with one attached hydrogen (secondary N) is 1. The molecule has 0 radical (unpaired) electrons. The molecule has 1 fully saturated rings. The summed E-state index contributed by atoms with van der Waals surface area (Å²) in [6.45, 7) is 9.23. The summed E-state index contributed by atoms with van der Waals surface area (Å²) in [6.07, 6.45) is 1.33. The van der Waals surface area contributed by atoms with E-state index >= 15 is 0 Å². The molecule has 0 bridgehead atoms. The van der Waals surface area contributed by atoms with Gasteiger partial charge in [-0.3, -0.25) is 14.4 Å². The number of nitrogens with zero attached hydrogens (tertiary/aromatic N) is 5. The molecule has 8 nitrogen and oxygen atoms in total. The molecule has 0 unspecified atom stereocenters. The first kappa shape index (κ1) is 27.4. The molecule has 4 heterocycles. The summed E-state index contributed by atoms with van der Waals surface area (Å²) in [5.41, 5.74) is 2.66. The Morgan fingerprint density at radius 3 is 2.67 bits per heavy atom. The number of alkyl halides is 2. The van der Waals surface area contributed by atoms with Crippen LogP contribution in [0.1, 0.15) is 47.1 Å². The maximum Gasteiger partial charge on any atom is 0.282 e. The van der Waals surface area contributed by atoms with Gasteiger partial charge in [0.05, 0.1) is 11.0 Å². The van der Waals surface area contributed by atoms with E-state index in [-0.39, 0.29) is 11.6 Å².